The van der Waals surface area contributed by atoms with Gasteiger partial charge in [0.15, 0.2) is 0 Å². The summed E-state index contributed by atoms with van der Waals surface area (Å²) >= 11 is 0. The van der Waals surface area contributed by atoms with Crippen molar-refractivity contribution in [1.29, 1.82) is 0 Å². The molecular weight excluding hydrogens is 249 g/mol. The third-order valence-electron chi connectivity index (χ3n) is 3.84. The molecule has 0 saturated heterocycles. The largest absolute Gasteiger partial charge is 0.396 e. The minimum Gasteiger partial charge on any atom is -0.396 e. The Morgan fingerprint density at radius 1 is 1.39 bits per heavy atom. The highest BCUT2D eigenvalue weighted by atomic mass is 32.2. The molecule has 4 heteroatoms. The lowest BCUT2D eigenvalue weighted by molar-refractivity contribution is 0.355. The van der Waals surface area contributed by atoms with E-state index in [0.29, 0.717) is 10.8 Å². The van der Waals surface area contributed by atoms with Gasteiger partial charge in [-0.3, -0.25) is 4.21 Å². The number of benzene rings is 1. The van der Waals surface area contributed by atoms with Gasteiger partial charge in [0.05, 0.1) is 16.5 Å². The summed E-state index contributed by atoms with van der Waals surface area (Å²) < 4.78 is 26.0. The van der Waals surface area contributed by atoms with Crippen LogP contribution in [0.3, 0.4) is 0 Å². The molecule has 0 heterocycles. The number of nitrogens with two attached hydrogens (primary N) is 1. The first-order valence-electron chi connectivity index (χ1n) is 6.59. The van der Waals surface area contributed by atoms with Gasteiger partial charge < -0.3 is 5.73 Å². The second-order valence-corrected chi connectivity index (χ2v) is 6.64. The van der Waals surface area contributed by atoms with Crippen LogP contribution in [-0.2, 0) is 10.8 Å². The van der Waals surface area contributed by atoms with Crippen LogP contribution in [0.2, 0.25) is 0 Å². The molecule has 1 aromatic rings. The second kappa shape index (κ2) is 5.83. The third-order valence-corrected chi connectivity index (χ3v) is 5.73. The SMILES string of the molecule is CCC1CCCCC1S(=O)c1ccc(N)c(F)c1. The molecule has 0 spiro atoms. The fourth-order valence-electron chi connectivity index (χ4n) is 2.73. The average Bonchev–Trinajstić information content (AvgIpc) is 2.41. The number of rotatable bonds is 3. The van der Waals surface area contributed by atoms with Gasteiger partial charge in [-0.25, -0.2) is 4.39 Å². The molecule has 2 nitrogen and oxygen atoms in total. The van der Waals surface area contributed by atoms with E-state index in [1.165, 1.54) is 18.6 Å². The Kier molecular flexibility index (Phi) is 4.38. The molecule has 1 saturated carbocycles. The summed E-state index contributed by atoms with van der Waals surface area (Å²) in [5, 5.41) is 0.173. The molecule has 1 aromatic carbocycles. The molecule has 18 heavy (non-hydrogen) atoms. The minimum absolute atomic E-state index is 0.117. The van der Waals surface area contributed by atoms with E-state index in [2.05, 4.69) is 6.92 Å². The van der Waals surface area contributed by atoms with E-state index in [1.807, 2.05) is 0 Å². The topological polar surface area (TPSA) is 43.1 Å². The van der Waals surface area contributed by atoms with Crippen molar-refractivity contribution in [3.8, 4) is 0 Å². The van der Waals surface area contributed by atoms with Gasteiger partial charge in [-0.2, -0.15) is 0 Å². The summed E-state index contributed by atoms with van der Waals surface area (Å²) in [5.41, 5.74) is 5.56. The average molecular weight is 269 g/mol. The van der Waals surface area contributed by atoms with Crippen LogP contribution in [0.25, 0.3) is 0 Å². The lowest BCUT2D eigenvalue weighted by Gasteiger charge is -2.30. The van der Waals surface area contributed by atoms with Gasteiger partial charge in [0, 0.05) is 10.1 Å². The zero-order valence-corrected chi connectivity index (χ0v) is 11.5. The third kappa shape index (κ3) is 2.74. The van der Waals surface area contributed by atoms with Crippen molar-refractivity contribution in [3.63, 3.8) is 0 Å². The molecule has 100 valence electrons. The van der Waals surface area contributed by atoms with Crippen LogP contribution in [0, 0.1) is 11.7 Å². The highest BCUT2D eigenvalue weighted by molar-refractivity contribution is 7.85. The maximum atomic E-state index is 13.4. The summed E-state index contributed by atoms with van der Waals surface area (Å²) in [5.74, 6) is 0.0323. The number of nitrogen functional groups attached to an aromatic ring is 1. The summed E-state index contributed by atoms with van der Waals surface area (Å²) in [4.78, 5) is 0.576. The van der Waals surface area contributed by atoms with Gasteiger partial charge in [-0.1, -0.05) is 26.2 Å². The van der Waals surface area contributed by atoms with E-state index in [9.17, 15) is 8.60 Å². The summed E-state index contributed by atoms with van der Waals surface area (Å²) in [7, 11) is -1.11. The highest BCUT2D eigenvalue weighted by Crippen LogP contribution is 2.33. The van der Waals surface area contributed by atoms with Gasteiger partial charge in [0.2, 0.25) is 0 Å². The Morgan fingerprint density at radius 3 is 2.78 bits per heavy atom. The Balaban J connectivity index is 2.21. The Labute approximate surface area is 110 Å². The van der Waals surface area contributed by atoms with Crippen LogP contribution in [0.5, 0.6) is 0 Å². The second-order valence-electron chi connectivity index (χ2n) is 4.97. The smallest absolute Gasteiger partial charge is 0.147 e. The molecule has 2 rings (SSSR count). The van der Waals surface area contributed by atoms with Gasteiger partial charge in [-0.15, -0.1) is 0 Å². The molecule has 2 N–H and O–H groups in total. The fourth-order valence-corrected chi connectivity index (χ4v) is 4.56. The first kappa shape index (κ1) is 13.5. The molecule has 0 bridgehead atoms. The maximum Gasteiger partial charge on any atom is 0.147 e. The number of anilines is 1. The van der Waals surface area contributed by atoms with Gasteiger partial charge in [-0.05, 0) is 37.0 Å². The van der Waals surface area contributed by atoms with Crippen LogP contribution in [0.1, 0.15) is 39.0 Å². The zero-order valence-electron chi connectivity index (χ0n) is 10.7. The van der Waals surface area contributed by atoms with Gasteiger partial charge >= 0.3 is 0 Å². The summed E-state index contributed by atoms with van der Waals surface area (Å²) in [6.07, 6.45) is 5.53. The lowest BCUT2D eigenvalue weighted by atomic mass is 9.87. The fraction of sp³-hybridized carbons (Fsp3) is 0.571. The molecular formula is C14H20FNOS. The predicted octanol–water partition coefficient (Wildman–Crippen LogP) is 3.48. The van der Waals surface area contributed by atoms with Crippen molar-refractivity contribution in [2.24, 2.45) is 5.92 Å². The predicted molar refractivity (Wildman–Crippen MR) is 73.3 cm³/mol. The van der Waals surface area contributed by atoms with E-state index in [0.717, 1.165) is 25.7 Å². The van der Waals surface area contributed by atoms with E-state index >= 15 is 0 Å². The normalized spacial score (nSPS) is 25.9. The van der Waals surface area contributed by atoms with Crippen LogP contribution >= 0.6 is 0 Å². The highest BCUT2D eigenvalue weighted by Gasteiger charge is 2.29. The molecule has 1 aliphatic carbocycles. The monoisotopic (exact) mass is 269 g/mol. The van der Waals surface area contributed by atoms with Gasteiger partial charge in [0.25, 0.3) is 0 Å². The van der Waals surface area contributed by atoms with Crippen molar-refractivity contribution < 1.29 is 8.60 Å². The van der Waals surface area contributed by atoms with Crippen LogP contribution in [0.15, 0.2) is 23.1 Å². The summed E-state index contributed by atoms with van der Waals surface area (Å²) in [6.45, 7) is 2.14. The van der Waals surface area contributed by atoms with Crippen molar-refractivity contribution in [2.75, 3.05) is 5.73 Å². The lowest BCUT2D eigenvalue weighted by Crippen LogP contribution is -2.28. The molecule has 1 fully saturated rings. The van der Waals surface area contributed by atoms with Crippen molar-refractivity contribution in [1.82, 2.24) is 0 Å². The van der Waals surface area contributed by atoms with Crippen LogP contribution in [-0.4, -0.2) is 9.46 Å². The zero-order chi connectivity index (χ0) is 13.1. The first-order chi connectivity index (χ1) is 8.63. The Morgan fingerprint density at radius 2 is 2.11 bits per heavy atom. The minimum atomic E-state index is -1.11. The standard InChI is InChI=1S/C14H20FNOS/c1-2-10-5-3-4-6-14(10)18(17)11-7-8-13(16)12(15)9-11/h7-10,14H,2-6,16H2,1H3. The van der Waals surface area contributed by atoms with E-state index in [1.54, 1.807) is 6.07 Å². The molecule has 0 aromatic heterocycles. The van der Waals surface area contributed by atoms with Crippen molar-refractivity contribution in [3.05, 3.63) is 24.0 Å². The van der Waals surface area contributed by atoms with Crippen molar-refractivity contribution in [2.45, 2.75) is 49.2 Å². The summed E-state index contributed by atoms with van der Waals surface area (Å²) in [6, 6.07) is 4.52. The number of halogens is 1. The first-order valence-corrected chi connectivity index (χ1v) is 7.80. The molecule has 3 unspecified atom stereocenters. The van der Waals surface area contributed by atoms with Crippen molar-refractivity contribution >= 4 is 16.5 Å². The molecule has 0 aliphatic heterocycles. The molecule has 0 amide bonds. The number of hydrogen-bond donors (Lipinski definition) is 1. The van der Waals surface area contributed by atoms with E-state index in [-0.39, 0.29) is 10.9 Å². The van der Waals surface area contributed by atoms with E-state index in [4.69, 9.17) is 5.73 Å². The number of hydrogen-bond acceptors (Lipinski definition) is 2. The molecule has 0 radical (unpaired) electrons. The Hall–Kier alpha value is -0.900. The van der Waals surface area contributed by atoms with Gasteiger partial charge in [0.1, 0.15) is 5.82 Å². The Bertz CT molecular complexity index is 449. The van der Waals surface area contributed by atoms with E-state index < -0.39 is 16.6 Å². The quantitative estimate of drug-likeness (QED) is 0.854. The van der Waals surface area contributed by atoms with Crippen LogP contribution < -0.4 is 5.73 Å². The molecule has 3 atom stereocenters. The van der Waals surface area contributed by atoms with Crippen LogP contribution in [0.4, 0.5) is 10.1 Å². The molecule has 1 aliphatic rings. The maximum absolute atomic E-state index is 13.4.